The fourth-order valence-corrected chi connectivity index (χ4v) is 4.43. The summed E-state index contributed by atoms with van der Waals surface area (Å²) in [6, 6.07) is 9.69. The summed E-state index contributed by atoms with van der Waals surface area (Å²) in [6.45, 7) is 2.03. The van der Waals surface area contributed by atoms with Crippen molar-refractivity contribution in [3.8, 4) is 0 Å². The van der Waals surface area contributed by atoms with Crippen LogP contribution in [0.2, 0.25) is 0 Å². The molecule has 2 aromatic rings. The molecule has 4 rings (SSSR count). The number of furan rings is 1. The van der Waals surface area contributed by atoms with Gasteiger partial charge in [0.25, 0.3) is 0 Å². The van der Waals surface area contributed by atoms with Crippen molar-refractivity contribution in [2.75, 3.05) is 13.1 Å². The molecule has 3 atom stereocenters. The number of piperazine rings is 1. The van der Waals surface area contributed by atoms with E-state index in [4.69, 9.17) is 9.52 Å². The molecule has 2 aliphatic rings. The minimum Gasteiger partial charge on any atom is -0.462 e. The van der Waals surface area contributed by atoms with Crippen LogP contribution in [-0.2, 0) is 29.3 Å². The molecule has 172 valence electrons. The van der Waals surface area contributed by atoms with E-state index < -0.39 is 0 Å². The predicted molar refractivity (Wildman–Crippen MR) is 115 cm³/mol. The van der Waals surface area contributed by atoms with E-state index in [1.807, 2.05) is 6.07 Å². The third kappa shape index (κ3) is 5.53. The molecule has 0 bridgehead atoms. The number of hydrogen-bond acceptors (Lipinski definition) is 6. The Labute approximate surface area is 186 Å². The predicted octanol–water partition coefficient (Wildman–Crippen LogP) is 1.04. The van der Waals surface area contributed by atoms with Crippen molar-refractivity contribution in [2.24, 2.45) is 0 Å². The summed E-state index contributed by atoms with van der Waals surface area (Å²) in [5.41, 5.74) is 0.848. The quantitative estimate of drug-likeness (QED) is 0.461. The van der Waals surface area contributed by atoms with Crippen molar-refractivity contribution in [2.45, 2.75) is 57.1 Å². The number of nitrogens with zero attached hydrogens (tertiary/aromatic N) is 1. The van der Waals surface area contributed by atoms with Crippen LogP contribution in [0.5, 0.6) is 0 Å². The van der Waals surface area contributed by atoms with Crippen molar-refractivity contribution < 1.29 is 23.5 Å². The average Bonchev–Trinajstić information content (AvgIpc) is 3.44. The van der Waals surface area contributed by atoms with E-state index in [0.717, 1.165) is 17.9 Å². The number of rotatable bonds is 9. The zero-order valence-electron chi connectivity index (χ0n) is 17.9. The molecule has 0 saturated carbocycles. The normalized spacial score (nSPS) is 23.1. The molecular weight excluding hydrogens is 415 g/mol. The van der Waals surface area contributed by atoms with Crippen LogP contribution in [0.3, 0.4) is 0 Å². The summed E-state index contributed by atoms with van der Waals surface area (Å²) in [5.74, 6) is 0.952. The van der Waals surface area contributed by atoms with E-state index >= 15 is 0 Å². The number of benzene rings is 1. The minimum atomic E-state index is -0.300. The number of aliphatic hydroxyl groups excluding tert-OH is 1. The molecule has 0 spiro atoms. The number of halogens is 1. The number of amides is 2. The maximum Gasteiger partial charge on any atom is 0.237 e. The third-order valence-corrected chi connectivity index (χ3v) is 6.17. The van der Waals surface area contributed by atoms with Crippen molar-refractivity contribution in [1.29, 1.82) is 0 Å². The number of fused-ring (bicyclic) bond motifs is 1. The van der Waals surface area contributed by atoms with E-state index in [9.17, 15) is 14.0 Å². The van der Waals surface area contributed by atoms with E-state index in [2.05, 4.69) is 20.9 Å². The van der Waals surface area contributed by atoms with Crippen LogP contribution in [0, 0.1) is 5.82 Å². The number of nitrogens with one attached hydrogen (secondary N) is 3. The fourth-order valence-electron chi connectivity index (χ4n) is 4.43. The molecular formula is C23H29FN4O4. The lowest BCUT2D eigenvalue weighted by Gasteiger charge is -2.37. The maximum absolute atomic E-state index is 13.0. The van der Waals surface area contributed by atoms with Gasteiger partial charge in [-0.25, -0.2) is 4.39 Å². The van der Waals surface area contributed by atoms with Gasteiger partial charge in [-0.2, -0.15) is 0 Å². The van der Waals surface area contributed by atoms with E-state index in [-0.39, 0.29) is 42.4 Å². The molecule has 32 heavy (non-hydrogen) atoms. The van der Waals surface area contributed by atoms with Crippen LogP contribution in [0.15, 0.2) is 40.8 Å². The molecule has 2 fully saturated rings. The van der Waals surface area contributed by atoms with Gasteiger partial charge in [0, 0.05) is 38.1 Å². The Kier molecular flexibility index (Phi) is 7.19. The SMILES string of the molecule is O=C(CCC1CNC(=O)C2CC(NCc3ccc(CO)o3)CN12)NCc1ccc(F)cc1. The minimum absolute atomic E-state index is 0.0341. The maximum atomic E-state index is 13.0. The van der Waals surface area contributed by atoms with Gasteiger partial charge in [0.2, 0.25) is 11.8 Å². The highest BCUT2D eigenvalue weighted by Crippen LogP contribution is 2.26. The van der Waals surface area contributed by atoms with E-state index in [1.165, 1.54) is 12.1 Å². The average molecular weight is 445 g/mol. The van der Waals surface area contributed by atoms with Crippen LogP contribution in [-0.4, -0.2) is 53.0 Å². The lowest BCUT2D eigenvalue weighted by Crippen LogP contribution is -2.58. The molecule has 0 radical (unpaired) electrons. The Morgan fingerprint density at radius 2 is 1.97 bits per heavy atom. The standard InChI is InChI=1S/C23H29FN4O4/c24-16-3-1-15(2-4-16)10-26-22(30)8-5-18-11-27-23(31)21-9-17(13-28(18)21)25-12-19-6-7-20(14-29)32-19/h1-4,6-7,17-18,21,25,29H,5,8-14H2,(H,26,30)(H,27,31). The highest BCUT2D eigenvalue weighted by atomic mass is 19.1. The second-order valence-electron chi connectivity index (χ2n) is 8.39. The van der Waals surface area contributed by atoms with Gasteiger partial charge in [-0.05, 0) is 42.7 Å². The van der Waals surface area contributed by atoms with Crippen molar-refractivity contribution in [1.82, 2.24) is 20.9 Å². The first kappa shape index (κ1) is 22.4. The molecule has 0 aliphatic carbocycles. The zero-order valence-corrected chi connectivity index (χ0v) is 17.9. The van der Waals surface area contributed by atoms with E-state index in [1.54, 1.807) is 18.2 Å². The van der Waals surface area contributed by atoms with Crippen LogP contribution >= 0.6 is 0 Å². The number of aliphatic hydroxyl groups is 1. The van der Waals surface area contributed by atoms with Gasteiger partial charge in [0.05, 0.1) is 12.6 Å². The second kappa shape index (κ2) is 10.2. The molecule has 1 aromatic carbocycles. The first-order valence-electron chi connectivity index (χ1n) is 11.0. The number of carbonyl (C=O) groups excluding carboxylic acids is 2. The lowest BCUT2D eigenvalue weighted by molar-refractivity contribution is -0.129. The van der Waals surface area contributed by atoms with Gasteiger partial charge in [-0.15, -0.1) is 0 Å². The summed E-state index contributed by atoms with van der Waals surface area (Å²) < 4.78 is 18.5. The van der Waals surface area contributed by atoms with Gasteiger partial charge < -0.3 is 25.5 Å². The molecule has 1 aromatic heterocycles. The summed E-state index contributed by atoms with van der Waals surface area (Å²) in [4.78, 5) is 26.9. The van der Waals surface area contributed by atoms with E-state index in [0.29, 0.717) is 44.7 Å². The zero-order chi connectivity index (χ0) is 22.5. The van der Waals surface area contributed by atoms with Gasteiger partial charge in [-0.1, -0.05) is 12.1 Å². The monoisotopic (exact) mass is 444 g/mol. The summed E-state index contributed by atoms with van der Waals surface area (Å²) in [7, 11) is 0. The molecule has 2 amide bonds. The van der Waals surface area contributed by atoms with Gasteiger partial charge in [0.15, 0.2) is 0 Å². The first-order valence-corrected chi connectivity index (χ1v) is 11.0. The van der Waals surface area contributed by atoms with Gasteiger partial charge in [0.1, 0.15) is 23.9 Å². The largest absolute Gasteiger partial charge is 0.462 e. The van der Waals surface area contributed by atoms with Crippen LogP contribution in [0.25, 0.3) is 0 Å². The molecule has 3 heterocycles. The Morgan fingerprint density at radius 3 is 2.72 bits per heavy atom. The van der Waals surface area contributed by atoms with Crippen molar-refractivity contribution in [3.05, 3.63) is 59.3 Å². The first-order chi connectivity index (χ1) is 15.5. The topological polar surface area (TPSA) is 107 Å². The highest BCUT2D eigenvalue weighted by molar-refractivity contribution is 5.83. The van der Waals surface area contributed by atoms with Crippen LogP contribution in [0.4, 0.5) is 4.39 Å². The molecule has 9 heteroatoms. The highest BCUT2D eigenvalue weighted by Gasteiger charge is 2.43. The third-order valence-electron chi connectivity index (χ3n) is 6.17. The Morgan fingerprint density at radius 1 is 1.19 bits per heavy atom. The Bertz CT molecular complexity index is 932. The summed E-state index contributed by atoms with van der Waals surface area (Å²) >= 11 is 0. The fraction of sp³-hybridized carbons (Fsp3) is 0.478. The molecule has 2 aliphatic heterocycles. The van der Waals surface area contributed by atoms with Crippen molar-refractivity contribution in [3.63, 3.8) is 0 Å². The van der Waals surface area contributed by atoms with Gasteiger partial charge >= 0.3 is 0 Å². The lowest BCUT2D eigenvalue weighted by atomic mass is 10.0. The molecule has 4 N–H and O–H groups in total. The number of hydrogen-bond donors (Lipinski definition) is 4. The molecule has 8 nitrogen and oxygen atoms in total. The Balaban J connectivity index is 1.24. The van der Waals surface area contributed by atoms with Crippen LogP contribution < -0.4 is 16.0 Å². The van der Waals surface area contributed by atoms with Gasteiger partial charge in [-0.3, -0.25) is 14.5 Å². The summed E-state index contributed by atoms with van der Waals surface area (Å²) in [6.07, 6.45) is 1.71. The summed E-state index contributed by atoms with van der Waals surface area (Å²) in [5, 5.41) is 18.4. The smallest absolute Gasteiger partial charge is 0.237 e. The molecule has 2 saturated heterocycles. The Hall–Kier alpha value is -2.75. The number of carbonyl (C=O) groups is 2. The second-order valence-corrected chi connectivity index (χ2v) is 8.39. The molecule has 3 unspecified atom stereocenters. The van der Waals surface area contributed by atoms with Crippen molar-refractivity contribution >= 4 is 11.8 Å². The van der Waals surface area contributed by atoms with Crippen LogP contribution in [0.1, 0.15) is 36.3 Å².